The van der Waals surface area contributed by atoms with Gasteiger partial charge in [0.15, 0.2) is 0 Å². The molecule has 0 aliphatic carbocycles. The van der Waals surface area contributed by atoms with E-state index < -0.39 is 5.60 Å². The summed E-state index contributed by atoms with van der Waals surface area (Å²) in [5.41, 5.74) is 0.474. The first kappa shape index (κ1) is 14.1. The number of aromatic nitrogens is 1. The predicted octanol–water partition coefficient (Wildman–Crippen LogP) is 2.01. The number of hydrogen-bond acceptors (Lipinski definition) is 3. The smallest absolute Gasteiger partial charge is 0.0746 e. The van der Waals surface area contributed by atoms with Gasteiger partial charge in [-0.25, -0.2) is 0 Å². The maximum absolute atomic E-state index is 10.1. The number of pyridine rings is 1. The summed E-state index contributed by atoms with van der Waals surface area (Å²) in [6, 6.07) is 5.94. The highest BCUT2D eigenvalue weighted by Crippen LogP contribution is 2.14. The lowest BCUT2D eigenvalue weighted by Gasteiger charge is -2.25. The topological polar surface area (TPSA) is 45.1 Å². The van der Waals surface area contributed by atoms with Crippen molar-refractivity contribution in [2.75, 3.05) is 13.1 Å². The molecule has 0 fully saturated rings. The summed E-state index contributed by atoms with van der Waals surface area (Å²) in [6.45, 7) is 7.63. The van der Waals surface area contributed by atoms with Crippen molar-refractivity contribution in [3.05, 3.63) is 30.1 Å². The monoisotopic (exact) mass is 236 g/mol. The third kappa shape index (κ3) is 6.39. The highest BCUT2D eigenvalue weighted by molar-refractivity contribution is 5.03. The number of hydrogen-bond donors (Lipinski definition) is 2. The number of nitrogens with one attached hydrogen (secondary N) is 1. The van der Waals surface area contributed by atoms with Crippen LogP contribution in [0.2, 0.25) is 0 Å². The van der Waals surface area contributed by atoms with Crippen molar-refractivity contribution >= 4 is 0 Å². The first-order chi connectivity index (χ1) is 7.99. The molecule has 0 aromatic carbocycles. The minimum atomic E-state index is -0.613. The normalized spacial score (nSPS) is 14.9. The molecular formula is C14H24N2O. The Labute approximate surface area is 104 Å². The molecule has 0 radical (unpaired) electrons. The van der Waals surface area contributed by atoms with Gasteiger partial charge in [0.1, 0.15) is 0 Å². The van der Waals surface area contributed by atoms with E-state index in [1.165, 1.54) is 0 Å². The van der Waals surface area contributed by atoms with Crippen LogP contribution in [0.5, 0.6) is 0 Å². The average Bonchev–Trinajstić information content (AvgIpc) is 2.24. The Balaban J connectivity index is 2.20. The van der Waals surface area contributed by atoms with Gasteiger partial charge in [-0.3, -0.25) is 4.98 Å². The zero-order valence-electron chi connectivity index (χ0n) is 11.1. The highest BCUT2D eigenvalue weighted by Gasteiger charge is 2.20. The van der Waals surface area contributed by atoms with E-state index in [1.54, 1.807) is 0 Å². The Hall–Kier alpha value is -0.930. The summed E-state index contributed by atoms with van der Waals surface area (Å²) in [5.74, 6) is 0.516. The molecule has 1 heterocycles. The van der Waals surface area contributed by atoms with Crippen molar-refractivity contribution in [1.82, 2.24) is 10.3 Å². The Morgan fingerprint density at radius 1 is 1.41 bits per heavy atom. The molecule has 1 atom stereocenters. The van der Waals surface area contributed by atoms with Crippen LogP contribution in [0.25, 0.3) is 0 Å². The van der Waals surface area contributed by atoms with Crippen LogP contribution >= 0.6 is 0 Å². The fourth-order valence-electron chi connectivity index (χ4n) is 2.07. The van der Waals surface area contributed by atoms with E-state index in [2.05, 4.69) is 24.1 Å². The van der Waals surface area contributed by atoms with Gasteiger partial charge in [0.05, 0.1) is 5.60 Å². The van der Waals surface area contributed by atoms with E-state index in [-0.39, 0.29) is 0 Å². The van der Waals surface area contributed by atoms with Crippen molar-refractivity contribution in [2.45, 2.75) is 39.2 Å². The number of nitrogens with zero attached hydrogens (tertiary/aromatic N) is 1. The molecule has 1 aromatic rings. The van der Waals surface area contributed by atoms with Gasteiger partial charge in [-0.1, -0.05) is 19.9 Å². The zero-order chi connectivity index (χ0) is 12.7. The summed E-state index contributed by atoms with van der Waals surface area (Å²) < 4.78 is 0. The second kappa shape index (κ2) is 6.72. The van der Waals surface area contributed by atoms with Gasteiger partial charge in [0.2, 0.25) is 0 Å². The first-order valence-electron chi connectivity index (χ1n) is 6.32. The quantitative estimate of drug-likeness (QED) is 0.712. The van der Waals surface area contributed by atoms with Gasteiger partial charge >= 0.3 is 0 Å². The van der Waals surface area contributed by atoms with E-state index in [0.717, 1.165) is 25.1 Å². The Kier molecular flexibility index (Phi) is 5.59. The maximum atomic E-state index is 10.1. The average molecular weight is 236 g/mol. The Morgan fingerprint density at radius 2 is 2.18 bits per heavy atom. The SMILES string of the molecule is CC(C)CC(C)(O)CNCCc1ccccn1. The minimum Gasteiger partial charge on any atom is -0.389 e. The summed E-state index contributed by atoms with van der Waals surface area (Å²) in [6.07, 6.45) is 3.53. The molecule has 0 amide bonds. The van der Waals surface area contributed by atoms with Gasteiger partial charge in [-0.15, -0.1) is 0 Å². The van der Waals surface area contributed by atoms with Crippen molar-refractivity contribution in [2.24, 2.45) is 5.92 Å². The van der Waals surface area contributed by atoms with Gasteiger partial charge < -0.3 is 10.4 Å². The fourth-order valence-corrected chi connectivity index (χ4v) is 2.07. The summed E-state index contributed by atoms with van der Waals surface area (Å²) in [7, 11) is 0. The van der Waals surface area contributed by atoms with Crippen molar-refractivity contribution in [3.63, 3.8) is 0 Å². The molecule has 0 aliphatic heterocycles. The largest absolute Gasteiger partial charge is 0.389 e. The van der Waals surface area contributed by atoms with Gasteiger partial charge in [-0.2, -0.15) is 0 Å². The minimum absolute atomic E-state index is 0.516. The number of aliphatic hydroxyl groups is 1. The Morgan fingerprint density at radius 3 is 2.76 bits per heavy atom. The van der Waals surface area contributed by atoms with E-state index in [0.29, 0.717) is 12.5 Å². The van der Waals surface area contributed by atoms with Crippen LogP contribution in [0.15, 0.2) is 24.4 Å². The van der Waals surface area contributed by atoms with Crippen LogP contribution in [0.1, 0.15) is 32.9 Å². The Bertz CT molecular complexity index is 309. The van der Waals surface area contributed by atoms with Crippen LogP contribution in [0, 0.1) is 5.92 Å². The van der Waals surface area contributed by atoms with Gasteiger partial charge in [0.25, 0.3) is 0 Å². The molecule has 3 nitrogen and oxygen atoms in total. The van der Waals surface area contributed by atoms with E-state index in [9.17, 15) is 5.11 Å². The highest BCUT2D eigenvalue weighted by atomic mass is 16.3. The second-order valence-electron chi connectivity index (χ2n) is 5.34. The third-order valence-electron chi connectivity index (χ3n) is 2.64. The molecular weight excluding hydrogens is 212 g/mol. The summed E-state index contributed by atoms with van der Waals surface area (Å²) in [4.78, 5) is 4.26. The summed E-state index contributed by atoms with van der Waals surface area (Å²) >= 11 is 0. The van der Waals surface area contributed by atoms with Crippen LogP contribution in [0.4, 0.5) is 0 Å². The molecule has 1 rings (SSSR count). The second-order valence-corrected chi connectivity index (χ2v) is 5.34. The van der Waals surface area contributed by atoms with Crippen molar-refractivity contribution < 1.29 is 5.11 Å². The maximum Gasteiger partial charge on any atom is 0.0746 e. The molecule has 0 aliphatic rings. The van der Waals surface area contributed by atoms with E-state index in [4.69, 9.17) is 0 Å². The molecule has 1 unspecified atom stereocenters. The first-order valence-corrected chi connectivity index (χ1v) is 6.32. The zero-order valence-corrected chi connectivity index (χ0v) is 11.1. The molecule has 2 N–H and O–H groups in total. The van der Waals surface area contributed by atoms with Crippen molar-refractivity contribution in [1.29, 1.82) is 0 Å². The standard InChI is InChI=1S/C14H24N2O/c1-12(2)10-14(3,17)11-15-9-7-13-6-4-5-8-16-13/h4-6,8,12,15,17H,7,9-11H2,1-3H3. The van der Waals surface area contributed by atoms with Crippen LogP contribution in [-0.2, 0) is 6.42 Å². The molecule has 0 saturated heterocycles. The van der Waals surface area contributed by atoms with Crippen LogP contribution in [-0.4, -0.2) is 28.8 Å². The lowest BCUT2D eigenvalue weighted by molar-refractivity contribution is 0.0389. The lowest BCUT2D eigenvalue weighted by atomic mass is 9.94. The third-order valence-corrected chi connectivity index (χ3v) is 2.64. The number of rotatable bonds is 7. The molecule has 1 aromatic heterocycles. The van der Waals surface area contributed by atoms with Crippen molar-refractivity contribution in [3.8, 4) is 0 Å². The molecule has 0 spiro atoms. The molecule has 3 heteroatoms. The van der Waals surface area contributed by atoms with Gasteiger partial charge in [-0.05, 0) is 31.4 Å². The lowest BCUT2D eigenvalue weighted by Crippen LogP contribution is -2.39. The molecule has 17 heavy (non-hydrogen) atoms. The van der Waals surface area contributed by atoms with Crippen LogP contribution < -0.4 is 5.32 Å². The van der Waals surface area contributed by atoms with Gasteiger partial charge in [0, 0.05) is 31.4 Å². The predicted molar refractivity (Wildman–Crippen MR) is 70.9 cm³/mol. The molecule has 0 saturated carbocycles. The van der Waals surface area contributed by atoms with Crippen LogP contribution in [0.3, 0.4) is 0 Å². The van der Waals surface area contributed by atoms with E-state index in [1.807, 2.05) is 31.3 Å². The van der Waals surface area contributed by atoms with E-state index >= 15 is 0 Å². The molecule has 0 bridgehead atoms. The fraction of sp³-hybridized carbons (Fsp3) is 0.643. The molecule has 96 valence electrons. The summed E-state index contributed by atoms with van der Waals surface area (Å²) in [5, 5.41) is 13.4.